The van der Waals surface area contributed by atoms with Gasteiger partial charge in [0.1, 0.15) is 17.3 Å². The first-order valence-electron chi connectivity index (χ1n) is 10.4. The summed E-state index contributed by atoms with van der Waals surface area (Å²) in [7, 11) is 0. The van der Waals surface area contributed by atoms with Crippen LogP contribution in [0.25, 0.3) is 0 Å². The Kier molecular flexibility index (Phi) is 8.87. The predicted octanol–water partition coefficient (Wildman–Crippen LogP) is 5.54. The molecule has 2 unspecified atom stereocenters. The first-order valence-corrected chi connectivity index (χ1v) is 10.4. The quantitative estimate of drug-likeness (QED) is 0.385. The lowest BCUT2D eigenvalue weighted by molar-refractivity contribution is -0.135. The Morgan fingerprint density at radius 1 is 1.04 bits per heavy atom. The zero-order valence-electron chi connectivity index (χ0n) is 16.5. The number of rotatable bonds is 11. The second-order valence-corrected chi connectivity index (χ2v) is 7.65. The van der Waals surface area contributed by atoms with E-state index in [4.69, 9.17) is 4.74 Å². The number of carbonyl (C=O) groups is 2. The molecule has 0 saturated heterocycles. The van der Waals surface area contributed by atoms with Crippen LogP contribution >= 0.6 is 0 Å². The molecule has 1 aromatic rings. The summed E-state index contributed by atoms with van der Waals surface area (Å²) < 4.78 is 5.65. The van der Waals surface area contributed by atoms with Gasteiger partial charge in [-0.3, -0.25) is 9.59 Å². The van der Waals surface area contributed by atoms with Crippen LogP contribution in [-0.2, 0) is 16.0 Å². The van der Waals surface area contributed by atoms with E-state index in [0.717, 1.165) is 50.0 Å². The standard InChI is InChI=1S/C23H34O3/c1-3-5-7-8-18-11-14-21(22(24)16-18)23(25)17-19-9-12-20(13-10-19)26-15-6-4-2/h9-10,12-13,18,21H,3-8,11,14-17H2,1-2H3. The van der Waals surface area contributed by atoms with Crippen LogP contribution < -0.4 is 4.74 Å². The normalized spacial score (nSPS) is 20.2. The molecule has 0 spiro atoms. The van der Waals surface area contributed by atoms with Gasteiger partial charge in [-0.25, -0.2) is 0 Å². The van der Waals surface area contributed by atoms with Crippen molar-refractivity contribution in [2.75, 3.05) is 6.61 Å². The minimum Gasteiger partial charge on any atom is -0.494 e. The maximum Gasteiger partial charge on any atom is 0.147 e. The molecule has 3 nitrogen and oxygen atoms in total. The molecular weight excluding hydrogens is 324 g/mol. The van der Waals surface area contributed by atoms with Gasteiger partial charge in [0, 0.05) is 12.8 Å². The summed E-state index contributed by atoms with van der Waals surface area (Å²) in [6, 6.07) is 7.73. The molecule has 0 bridgehead atoms. The molecule has 1 aromatic carbocycles. The second-order valence-electron chi connectivity index (χ2n) is 7.65. The van der Waals surface area contributed by atoms with Crippen molar-refractivity contribution in [3.8, 4) is 5.75 Å². The van der Waals surface area contributed by atoms with Gasteiger partial charge in [-0.2, -0.15) is 0 Å². The summed E-state index contributed by atoms with van der Waals surface area (Å²) in [5.74, 6) is 1.22. The monoisotopic (exact) mass is 358 g/mol. The Morgan fingerprint density at radius 3 is 2.42 bits per heavy atom. The van der Waals surface area contributed by atoms with Gasteiger partial charge in [0.15, 0.2) is 0 Å². The summed E-state index contributed by atoms with van der Waals surface area (Å²) in [6.07, 6.45) is 9.68. The lowest BCUT2D eigenvalue weighted by atomic mass is 9.76. The van der Waals surface area contributed by atoms with Gasteiger partial charge in [0.2, 0.25) is 0 Å². The number of ether oxygens (including phenoxy) is 1. The Balaban J connectivity index is 1.79. The Bertz CT molecular complexity index is 561. The van der Waals surface area contributed by atoms with Gasteiger partial charge in [-0.15, -0.1) is 0 Å². The van der Waals surface area contributed by atoms with Crippen molar-refractivity contribution in [2.45, 2.75) is 78.1 Å². The van der Waals surface area contributed by atoms with E-state index in [1.54, 1.807) is 0 Å². The summed E-state index contributed by atoms with van der Waals surface area (Å²) in [4.78, 5) is 25.0. The van der Waals surface area contributed by atoms with Gasteiger partial charge in [0.05, 0.1) is 12.5 Å². The summed E-state index contributed by atoms with van der Waals surface area (Å²) in [5, 5.41) is 0. The van der Waals surface area contributed by atoms with Crippen LogP contribution in [0.3, 0.4) is 0 Å². The lowest BCUT2D eigenvalue weighted by Gasteiger charge is -2.26. The van der Waals surface area contributed by atoms with Gasteiger partial charge < -0.3 is 4.74 Å². The van der Waals surface area contributed by atoms with Crippen molar-refractivity contribution in [1.29, 1.82) is 0 Å². The molecule has 1 saturated carbocycles. The summed E-state index contributed by atoms with van der Waals surface area (Å²) in [6.45, 7) is 5.06. The van der Waals surface area contributed by atoms with Crippen molar-refractivity contribution in [2.24, 2.45) is 11.8 Å². The van der Waals surface area contributed by atoms with Crippen LogP contribution in [-0.4, -0.2) is 18.2 Å². The van der Waals surface area contributed by atoms with E-state index in [2.05, 4.69) is 13.8 Å². The Hall–Kier alpha value is -1.64. The molecule has 0 N–H and O–H groups in total. The number of ketones is 2. The number of hydrogen-bond acceptors (Lipinski definition) is 3. The Morgan fingerprint density at radius 2 is 1.77 bits per heavy atom. The first-order chi connectivity index (χ1) is 12.6. The van der Waals surface area contributed by atoms with Gasteiger partial charge in [0.25, 0.3) is 0 Å². The van der Waals surface area contributed by atoms with E-state index in [1.165, 1.54) is 19.3 Å². The predicted molar refractivity (Wildman–Crippen MR) is 106 cm³/mol. The molecule has 1 aliphatic carbocycles. The van der Waals surface area contributed by atoms with Crippen LogP contribution in [0.15, 0.2) is 24.3 Å². The zero-order valence-corrected chi connectivity index (χ0v) is 16.5. The third kappa shape index (κ3) is 6.59. The van der Waals surface area contributed by atoms with E-state index in [-0.39, 0.29) is 17.5 Å². The molecule has 0 aromatic heterocycles. The topological polar surface area (TPSA) is 43.4 Å². The Labute approximate surface area is 158 Å². The molecule has 1 aliphatic rings. The molecular formula is C23H34O3. The van der Waals surface area contributed by atoms with Crippen LogP contribution in [0.1, 0.15) is 77.2 Å². The minimum atomic E-state index is -0.377. The summed E-state index contributed by atoms with van der Waals surface area (Å²) >= 11 is 0. The molecule has 0 amide bonds. The molecule has 0 heterocycles. The molecule has 0 aliphatic heterocycles. The SMILES string of the molecule is CCCCCC1CCC(C(=O)Cc2ccc(OCCCC)cc2)C(=O)C1. The molecule has 1 fully saturated rings. The van der Waals surface area contributed by atoms with Crippen molar-refractivity contribution in [3.63, 3.8) is 0 Å². The largest absolute Gasteiger partial charge is 0.494 e. The molecule has 2 atom stereocenters. The number of hydrogen-bond donors (Lipinski definition) is 0. The van der Waals surface area contributed by atoms with E-state index in [0.29, 0.717) is 18.8 Å². The minimum absolute atomic E-state index is 0.0849. The number of carbonyl (C=O) groups excluding carboxylic acids is 2. The smallest absolute Gasteiger partial charge is 0.147 e. The second kappa shape index (κ2) is 11.2. The summed E-state index contributed by atoms with van der Waals surface area (Å²) in [5.41, 5.74) is 0.968. The number of unbranched alkanes of at least 4 members (excludes halogenated alkanes) is 3. The highest BCUT2D eigenvalue weighted by atomic mass is 16.5. The highest BCUT2D eigenvalue weighted by Crippen LogP contribution is 2.31. The van der Waals surface area contributed by atoms with E-state index in [9.17, 15) is 9.59 Å². The maximum absolute atomic E-state index is 12.6. The highest BCUT2D eigenvalue weighted by molar-refractivity contribution is 6.03. The molecule has 2 rings (SSSR count). The number of Topliss-reactive ketones (excluding diaryl/α,β-unsaturated/α-hetero) is 2. The van der Waals surface area contributed by atoms with E-state index in [1.807, 2.05) is 24.3 Å². The van der Waals surface area contributed by atoms with Crippen LogP contribution in [0.4, 0.5) is 0 Å². The fourth-order valence-corrected chi connectivity index (χ4v) is 3.72. The van der Waals surface area contributed by atoms with Crippen LogP contribution in [0, 0.1) is 11.8 Å². The van der Waals surface area contributed by atoms with Gasteiger partial charge >= 0.3 is 0 Å². The fourth-order valence-electron chi connectivity index (χ4n) is 3.72. The van der Waals surface area contributed by atoms with Crippen molar-refractivity contribution >= 4 is 11.6 Å². The van der Waals surface area contributed by atoms with Crippen molar-refractivity contribution in [3.05, 3.63) is 29.8 Å². The zero-order chi connectivity index (χ0) is 18.8. The van der Waals surface area contributed by atoms with Gasteiger partial charge in [-0.05, 0) is 42.9 Å². The van der Waals surface area contributed by atoms with Crippen LogP contribution in [0.2, 0.25) is 0 Å². The maximum atomic E-state index is 12.6. The highest BCUT2D eigenvalue weighted by Gasteiger charge is 2.32. The van der Waals surface area contributed by atoms with Gasteiger partial charge in [-0.1, -0.05) is 58.1 Å². The fraction of sp³-hybridized carbons (Fsp3) is 0.652. The van der Waals surface area contributed by atoms with Crippen molar-refractivity contribution < 1.29 is 14.3 Å². The lowest BCUT2D eigenvalue weighted by Crippen LogP contribution is -2.32. The van der Waals surface area contributed by atoms with Crippen molar-refractivity contribution in [1.82, 2.24) is 0 Å². The molecule has 144 valence electrons. The average Bonchev–Trinajstić information content (AvgIpc) is 2.63. The molecule has 26 heavy (non-hydrogen) atoms. The van der Waals surface area contributed by atoms with E-state index >= 15 is 0 Å². The van der Waals surface area contributed by atoms with E-state index < -0.39 is 0 Å². The average molecular weight is 359 g/mol. The van der Waals surface area contributed by atoms with Crippen LogP contribution in [0.5, 0.6) is 5.75 Å². The third-order valence-corrected chi connectivity index (χ3v) is 5.42. The molecule has 3 heteroatoms. The third-order valence-electron chi connectivity index (χ3n) is 5.42. The molecule has 0 radical (unpaired) electrons. The number of benzene rings is 1. The first kappa shape index (κ1) is 20.7.